The van der Waals surface area contributed by atoms with Gasteiger partial charge in [-0.3, -0.25) is 5.10 Å². The number of ether oxygens (including phenoxy) is 1. The first kappa shape index (κ1) is 14.7. The molecule has 3 N–H and O–H groups in total. The van der Waals surface area contributed by atoms with Gasteiger partial charge < -0.3 is 19.9 Å². The lowest BCUT2D eigenvalue weighted by molar-refractivity contribution is 0.0564. The van der Waals surface area contributed by atoms with Crippen molar-refractivity contribution >= 4 is 22.8 Å². The lowest BCUT2D eigenvalue weighted by atomic mass is 10.2. The molecule has 8 heteroatoms. The topological polar surface area (TPSA) is 98.9 Å². The SMILES string of the molecule is Cc1ccc2nc(-c3[nH]ncc3NC(=O)N3CCOCC3)[nH]c2c1. The van der Waals surface area contributed by atoms with Crippen molar-refractivity contribution in [2.24, 2.45) is 0 Å². The summed E-state index contributed by atoms with van der Waals surface area (Å²) in [6, 6.07) is 5.86. The van der Waals surface area contributed by atoms with E-state index in [1.54, 1.807) is 11.1 Å². The number of amides is 2. The quantitative estimate of drug-likeness (QED) is 0.672. The van der Waals surface area contributed by atoms with Gasteiger partial charge in [-0.25, -0.2) is 9.78 Å². The first-order valence-corrected chi connectivity index (χ1v) is 7.84. The van der Waals surface area contributed by atoms with Crippen LogP contribution in [0.5, 0.6) is 0 Å². The number of H-pyrrole nitrogens is 2. The molecule has 0 bridgehead atoms. The Morgan fingerprint density at radius 3 is 3.00 bits per heavy atom. The predicted octanol–water partition coefficient (Wildman–Crippen LogP) is 2.13. The van der Waals surface area contributed by atoms with E-state index in [4.69, 9.17) is 4.74 Å². The number of imidazole rings is 1. The summed E-state index contributed by atoms with van der Waals surface area (Å²) in [6.45, 7) is 4.33. The number of rotatable bonds is 2. The smallest absolute Gasteiger partial charge is 0.322 e. The minimum atomic E-state index is -0.159. The number of aromatic amines is 2. The number of benzene rings is 1. The Labute approximate surface area is 138 Å². The normalized spacial score (nSPS) is 15.0. The summed E-state index contributed by atoms with van der Waals surface area (Å²) in [5.74, 6) is 0.644. The Balaban J connectivity index is 1.60. The molecule has 24 heavy (non-hydrogen) atoms. The zero-order valence-electron chi connectivity index (χ0n) is 13.3. The molecule has 0 unspecified atom stereocenters. The number of carbonyl (C=O) groups is 1. The van der Waals surface area contributed by atoms with Crippen LogP contribution in [-0.4, -0.2) is 57.4 Å². The Morgan fingerprint density at radius 1 is 1.33 bits per heavy atom. The molecule has 4 rings (SSSR count). The standard InChI is InChI=1S/C16H18N6O2/c1-10-2-3-11-12(8-10)19-15(18-11)14-13(9-17-21-14)20-16(23)22-4-6-24-7-5-22/h2-3,8-9H,4-7H2,1H3,(H,17,21)(H,18,19)(H,20,23). The average Bonchev–Trinajstić information content (AvgIpc) is 3.21. The molecule has 2 amide bonds. The third-order valence-electron chi connectivity index (χ3n) is 4.05. The Kier molecular flexibility index (Phi) is 3.66. The minimum absolute atomic E-state index is 0.159. The molecule has 3 aromatic rings. The third kappa shape index (κ3) is 2.71. The first-order chi connectivity index (χ1) is 11.7. The molecule has 0 aliphatic carbocycles. The second-order valence-corrected chi connectivity index (χ2v) is 5.79. The number of hydrogen-bond donors (Lipinski definition) is 3. The highest BCUT2D eigenvalue weighted by atomic mass is 16.5. The zero-order valence-corrected chi connectivity index (χ0v) is 13.3. The second-order valence-electron chi connectivity index (χ2n) is 5.79. The fourth-order valence-corrected chi connectivity index (χ4v) is 2.76. The molecule has 0 radical (unpaired) electrons. The van der Waals surface area contributed by atoms with Gasteiger partial charge in [0.15, 0.2) is 5.82 Å². The van der Waals surface area contributed by atoms with E-state index in [2.05, 4.69) is 25.5 Å². The number of morpholine rings is 1. The molecule has 1 saturated heterocycles. The Bertz CT molecular complexity index is 878. The van der Waals surface area contributed by atoms with Crippen LogP contribution in [0, 0.1) is 6.92 Å². The first-order valence-electron chi connectivity index (χ1n) is 7.84. The zero-order chi connectivity index (χ0) is 16.5. The van der Waals surface area contributed by atoms with Gasteiger partial charge in [-0.15, -0.1) is 0 Å². The number of nitrogens with zero attached hydrogens (tertiary/aromatic N) is 3. The number of nitrogens with one attached hydrogen (secondary N) is 3. The highest BCUT2D eigenvalue weighted by molar-refractivity contribution is 5.93. The summed E-state index contributed by atoms with van der Waals surface area (Å²) in [6.07, 6.45) is 1.59. The van der Waals surface area contributed by atoms with E-state index in [1.807, 2.05) is 25.1 Å². The molecule has 3 heterocycles. The van der Waals surface area contributed by atoms with Gasteiger partial charge in [0.05, 0.1) is 36.1 Å². The highest BCUT2D eigenvalue weighted by Gasteiger charge is 2.20. The van der Waals surface area contributed by atoms with Crippen molar-refractivity contribution in [2.75, 3.05) is 31.6 Å². The van der Waals surface area contributed by atoms with Crippen LogP contribution in [0.1, 0.15) is 5.56 Å². The van der Waals surface area contributed by atoms with E-state index in [0.717, 1.165) is 16.6 Å². The van der Waals surface area contributed by atoms with Crippen molar-refractivity contribution in [1.82, 2.24) is 25.1 Å². The van der Waals surface area contributed by atoms with E-state index >= 15 is 0 Å². The summed E-state index contributed by atoms with van der Waals surface area (Å²) in [5, 5.41) is 9.84. The fraction of sp³-hybridized carbons (Fsp3) is 0.312. The predicted molar refractivity (Wildman–Crippen MR) is 89.8 cm³/mol. The van der Waals surface area contributed by atoms with Gasteiger partial charge in [0.1, 0.15) is 5.69 Å². The lowest BCUT2D eigenvalue weighted by Gasteiger charge is -2.26. The van der Waals surface area contributed by atoms with E-state index in [1.165, 1.54) is 0 Å². The summed E-state index contributed by atoms with van der Waals surface area (Å²) in [7, 11) is 0. The van der Waals surface area contributed by atoms with E-state index in [9.17, 15) is 4.79 Å². The molecule has 1 aliphatic heterocycles. The number of urea groups is 1. The number of carbonyl (C=O) groups excluding carboxylic acids is 1. The van der Waals surface area contributed by atoms with Crippen molar-refractivity contribution < 1.29 is 9.53 Å². The van der Waals surface area contributed by atoms with Crippen LogP contribution in [0.15, 0.2) is 24.4 Å². The minimum Gasteiger partial charge on any atom is -0.378 e. The lowest BCUT2D eigenvalue weighted by Crippen LogP contribution is -2.43. The molecule has 1 aliphatic rings. The fourth-order valence-electron chi connectivity index (χ4n) is 2.76. The molecule has 2 aromatic heterocycles. The van der Waals surface area contributed by atoms with Crippen molar-refractivity contribution in [3.8, 4) is 11.5 Å². The van der Waals surface area contributed by atoms with Gasteiger partial charge in [0.25, 0.3) is 0 Å². The molecule has 0 saturated carbocycles. The van der Waals surface area contributed by atoms with Gasteiger partial charge >= 0.3 is 6.03 Å². The number of anilines is 1. The molecule has 1 aromatic carbocycles. The maximum atomic E-state index is 12.4. The van der Waals surface area contributed by atoms with Gasteiger partial charge in [-0.05, 0) is 24.6 Å². The summed E-state index contributed by atoms with van der Waals surface area (Å²) in [4.78, 5) is 21.9. The molecule has 1 fully saturated rings. The largest absolute Gasteiger partial charge is 0.378 e. The Hall–Kier alpha value is -2.87. The third-order valence-corrected chi connectivity index (χ3v) is 4.05. The van der Waals surface area contributed by atoms with Gasteiger partial charge in [-0.1, -0.05) is 6.07 Å². The van der Waals surface area contributed by atoms with Crippen molar-refractivity contribution in [1.29, 1.82) is 0 Å². The summed E-state index contributed by atoms with van der Waals surface area (Å²) in [5.41, 5.74) is 4.23. The van der Waals surface area contributed by atoms with Gasteiger partial charge in [0, 0.05) is 13.1 Å². The number of fused-ring (bicyclic) bond motifs is 1. The summed E-state index contributed by atoms with van der Waals surface area (Å²) < 4.78 is 5.27. The van der Waals surface area contributed by atoms with Crippen LogP contribution < -0.4 is 5.32 Å². The van der Waals surface area contributed by atoms with Gasteiger partial charge in [0.2, 0.25) is 0 Å². The Morgan fingerprint density at radius 2 is 2.17 bits per heavy atom. The molecule has 124 valence electrons. The van der Waals surface area contributed by atoms with E-state index in [-0.39, 0.29) is 6.03 Å². The average molecular weight is 326 g/mol. The molecule has 8 nitrogen and oxygen atoms in total. The van der Waals surface area contributed by atoms with Crippen LogP contribution in [0.2, 0.25) is 0 Å². The number of hydrogen-bond acceptors (Lipinski definition) is 4. The van der Waals surface area contributed by atoms with E-state index in [0.29, 0.717) is 43.5 Å². The maximum Gasteiger partial charge on any atom is 0.322 e. The van der Waals surface area contributed by atoms with Crippen molar-refractivity contribution in [3.63, 3.8) is 0 Å². The number of aryl methyl sites for hydroxylation is 1. The van der Waals surface area contributed by atoms with Crippen molar-refractivity contribution in [2.45, 2.75) is 6.92 Å². The van der Waals surface area contributed by atoms with Crippen LogP contribution in [0.4, 0.5) is 10.5 Å². The van der Waals surface area contributed by atoms with Crippen LogP contribution in [-0.2, 0) is 4.74 Å². The highest BCUT2D eigenvalue weighted by Crippen LogP contribution is 2.26. The van der Waals surface area contributed by atoms with E-state index < -0.39 is 0 Å². The summed E-state index contributed by atoms with van der Waals surface area (Å²) >= 11 is 0. The molecule has 0 spiro atoms. The maximum absolute atomic E-state index is 12.4. The molecule has 0 atom stereocenters. The van der Waals surface area contributed by atoms with Crippen LogP contribution in [0.25, 0.3) is 22.6 Å². The van der Waals surface area contributed by atoms with Crippen LogP contribution >= 0.6 is 0 Å². The molecular weight excluding hydrogens is 308 g/mol. The van der Waals surface area contributed by atoms with Gasteiger partial charge in [-0.2, -0.15) is 5.10 Å². The number of aromatic nitrogens is 4. The monoisotopic (exact) mass is 326 g/mol. The molecular formula is C16H18N6O2. The van der Waals surface area contributed by atoms with Crippen LogP contribution in [0.3, 0.4) is 0 Å². The van der Waals surface area contributed by atoms with Crippen molar-refractivity contribution in [3.05, 3.63) is 30.0 Å². The second kappa shape index (κ2) is 5.97.